The van der Waals surface area contributed by atoms with Crippen LogP contribution in [-0.2, 0) is 15.4 Å². The summed E-state index contributed by atoms with van der Waals surface area (Å²) in [6, 6.07) is 0. The smallest absolute Gasteiger partial charge is 0.167 e. The van der Waals surface area contributed by atoms with Gasteiger partial charge in [-0.2, -0.15) is 0 Å². The van der Waals surface area contributed by atoms with Crippen molar-refractivity contribution in [2.75, 3.05) is 7.11 Å². The van der Waals surface area contributed by atoms with Crippen molar-refractivity contribution in [2.45, 2.75) is 19.4 Å². The molecule has 1 unspecified atom stereocenters. The van der Waals surface area contributed by atoms with Gasteiger partial charge >= 0.3 is 0 Å². The lowest BCUT2D eigenvalue weighted by atomic mass is 10.1. The van der Waals surface area contributed by atoms with Crippen molar-refractivity contribution in [1.82, 2.24) is 0 Å². The maximum absolute atomic E-state index is 10.7. The Kier molecular flexibility index (Phi) is 3.05. The van der Waals surface area contributed by atoms with Gasteiger partial charge in [-0.05, 0) is 19.4 Å². The Morgan fingerprint density at radius 3 is 2.75 bits per heavy atom. The second kappa shape index (κ2) is 3.87. The Hall–Kier alpha value is -0.610. The van der Waals surface area contributed by atoms with Crippen LogP contribution >= 0.6 is 0 Å². The highest BCUT2D eigenvalue weighted by Crippen LogP contribution is 2.20. The zero-order valence-corrected chi connectivity index (χ0v) is 8.01. The Morgan fingerprint density at radius 1 is 1.58 bits per heavy atom. The molecule has 0 N–H and O–H groups in total. The number of thiol groups is 1. The number of methoxy groups -OCH3 is 1. The van der Waals surface area contributed by atoms with E-state index in [1.807, 2.05) is 13.0 Å². The van der Waals surface area contributed by atoms with Crippen LogP contribution in [0.2, 0.25) is 0 Å². The van der Waals surface area contributed by atoms with Gasteiger partial charge < -0.3 is 4.74 Å². The summed E-state index contributed by atoms with van der Waals surface area (Å²) in [6.45, 7) is 1.88. The number of rotatable bonds is 2. The minimum atomic E-state index is -2.50. The standard InChI is InChI=1S/C8H12O3S/c1-6-3-4-7(11-2)8(5-6)12(9)10/h3,5,7,12H,4H2,1-2H3. The molecule has 1 rings (SSSR count). The summed E-state index contributed by atoms with van der Waals surface area (Å²) >= 11 is 0. The van der Waals surface area contributed by atoms with E-state index in [0.29, 0.717) is 11.3 Å². The Balaban J connectivity index is 2.96. The zero-order chi connectivity index (χ0) is 9.14. The Bertz CT molecular complexity index is 291. The Labute approximate surface area is 73.7 Å². The molecule has 12 heavy (non-hydrogen) atoms. The molecule has 1 atom stereocenters. The van der Waals surface area contributed by atoms with Gasteiger partial charge in [0.2, 0.25) is 0 Å². The van der Waals surface area contributed by atoms with Crippen LogP contribution in [0.1, 0.15) is 13.3 Å². The van der Waals surface area contributed by atoms with Gasteiger partial charge in [0.1, 0.15) is 0 Å². The van der Waals surface area contributed by atoms with Crippen molar-refractivity contribution in [3.8, 4) is 0 Å². The first-order valence-electron chi connectivity index (χ1n) is 3.70. The largest absolute Gasteiger partial charge is 0.376 e. The van der Waals surface area contributed by atoms with E-state index in [-0.39, 0.29) is 6.10 Å². The molecule has 0 heterocycles. The van der Waals surface area contributed by atoms with Crippen LogP contribution < -0.4 is 0 Å². The number of allylic oxidation sites excluding steroid dienone is 2. The predicted molar refractivity (Wildman–Crippen MR) is 47.6 cm³/mol. The molecule has 0 aliphatic heterocycles. The summed E-state index contributed by atoms with van der Waals surface area (Å²) in [5, 5.41) is 0. The van der Waals surface area contributed by atoms with Gasteiger partial charge in [-0.25, -0.2) is 8.42 Å². The maximum Gasteiger partial charge on any atom is 0.167 e. The molecule has 68 valence electrons. The Morgan fingerprint density at radius 2 is 2.25 bits per heavy atom. The van der Waals surface area contributed by atoms with Crippen LogP contribution in [0.4, 0.5) is 0 Å². The van der Waals surface area contributed by atoms with Gasteiger partial charge in [0.05, 0.1) is 11.0 Å². The molecular weight excluding hydrogens is 176 g/mol. The van der Waals surface area contributed by atoms with Crippen molar-refractivity contribution >= 4 is 10.7 Å². The SMILES string of the molecule is COC1CC=C(C)C=C1[SH](=O)=O. The first-order valence-corrected chi connectivity index (χ1v) is 4.88. The molecule has 0 saturated heterocycles. The van der Waals surface area contributed by atoms with Gasteiger partial charge in [0, 0.05) is 7.11 Å². The molecular formula is C8H12O3S. The van der Waals surface area contributed by atoms with Crippen molar-refractivity contribution in [3.05, 3.63) is 22.6 Å². The summed E-state index contributed by atoms with van der Waals surface area (Å²) in [7, 11) is -0.975. The minimum absolute atomic E-state index is 0.283. The molecule has 0 fully saturated rings. The summed E-state index contributed by atoms with van der Waals surface area (Å²) in [5.41, 5.74) is 0.984. The lowest BCUT2D eigenvalue weighted by Crippen LogP contribution is -2.16. The van der Waals surface area contributed by atoms with Gasteiger partial charge in [-0.15, -0.1) is 0 Å². The topological polar surface area (TPSA) is 43.4 Å². The van der Waals surface area contributed by atoms with Crippen molar-refractivity contribution in [1.29, 1.82) is 0 Å². The van der Waals surface area contributed by atoms with E-state index in [1.54, 1.807) is 6.08 Å². The van der Waals surface area contributed by atoms with Crippen molar-refractivity contribution < 1.29 is 13.2 Å². The van der Waals surface area contributed by atoms with Crippen molar-refractivity contribution in [3.63, 3.8) is 0 Å². The molecule has 0 aromatic heterocycles. The van der Waals surface area contributed by atoms with E-state index in [4.69, 9.17) is 4.74 Å². The van der Waals surface area contributed by atoms with E-state index in [9.17, 15) is 8.42 Å². The monoisotopic (exact) mass is 188 g/mol. The van der Waals surface area contributed by atoms with Crippen LogP contribution in [0.5, 0.6) is 0 Å². The van der Waals surface area contributed by atoms with E-state index < -0.39 is 10.7 Å². The normalized spacial score (nSPS) is 23.8. The van der Waals surface area contributed by atoms with Gasteiger partial charge in [0.15, 0.2) is 10.7 Å². The molecule has 0 radical (unpaired) electrons. The second-order valence-electron chi connectivity index (χ2n) is 2.73. The number of ether oxygens (including phenoxy) is 1. The van der Waals surface area contributed by atoms with Gasteiger partial charge in [-0.3, -0.25) is 0 Å². The molecule has 0 amide bonds. The highest BCUT2D eigenvalue weighted by molar-refractivity contribution is 7.76. The fourth-order valence-electron chi connectivity index (χ4n) is 1.19. The van der Waals surface area contributed by atoms with E-state index >= 15 is 0 Å². The minimum Gasteiger partial charge on any atom is -0.376 e. The first-order chi connectivity index (χ1) is 5.65. The highest BCUT2D eigenvalue weighted by Gasteiger charge is 2.17. The molecule has 0 spiro atoms. The van der Waals surface area contributed by atoms with Crippen LogP contribution in [-0.4, -0.2) is 21.6 Å². The van der Waals surface area contributed by atoms with Crippen LogP contribution in [0, 0.1) is 0 Å². The predicted octanol–water partition coefficient (Wildman–Crippen LogP) is 0.847. The van der Waals surface area contributed by atoms with E-state index in [0.717, 1.165) is 5.57 Å². The quantitative estimate of drug-likeness (QED) is 0.653. The zero-order valence-electron chi connectivity index (χ0n) is 7.11. The average Bonchev–Trinajstić information content (AvgIpc) is 2.04. The third kappa shape index (κ3) is 1.95. The maximum atomic E-state index is 10.7. The molecule has 3 nitrogen and oxygen atoms in total. The average molecular weight is 188 g/mol. The van der Waals surface area contributed by atoms with Crippen LogP contribution in [0.15, 0.2) is 22.6 Å². The molecule has 4 heteroatoms. The number of hydrogen-bond donors (Lipinski definition) is 1. The summed E-state index contributed by atoms with van der Waals surface area (Å²) in [4.78, 5) is 0.382. The summed E-state index contributed by atoms with van der Waals surface area (Å²) in [6.07, 6.45) is 3.99. The third-order valence-corrected chi connectivity index (χ3v) is 2.69. The van der Waals surface area contributed by atoms with E-state index in [1.165, 1.54) is 7.11 Å². The molecule has 0 saturated carbocycles. The highest BCUT2D eigenvalue weighted by atomic mass is 32.2. The molecule has 0 aromatic rings. The molecule has 1 aliphatic carbocycles. The third-order valence-electron chi connectivity index (χ3n) is 1.85. The fourth-order valence-corrected chi connectivity index (χ4v) is 1.94. The van der Waals surface area contributed by atoms with Crippen LogP contribution in [0.25, 0.3) is 0 Å². The van der Waals surface area contributed by atoms with E-state index in [2.05, 4.69) is 0 Å². The molecule has 0 aromatic carbocycles. The fraction of sp³-hybridized carbons (Fsp3) is 0.500. The summed E-state index contributed by atoms with van der Waals surface area (Å²) < 4.78 is 26.5. The lowest BCUT2D eigenvalue weighted by molar-refractivity contribution is 0.138. The van der Waals surface area contributed by atoms with Crippen LogP contribution in [0.3, 0.4) is 0 Å². The lowest BCUT2D eigenvalue weighted by Gasteiger charge is -2.17. The van der Waals surface area contributed by atoms with Gasteiger partial charge in [-0.1, -0.05) is 11.6 Å². The van der Waals surface area contributed by atoms with Crippen molar-refractivity contribution in [2.24, 2.45) is 0 Å². The number of hydrogen-bond acceptors (Lipinski definition) is 3. The molecule has 1 aliphatic rings. The van der Waals surface area contributed by atoms with Gasteiger partial charge in [0.25, 0.3) is 0 Å². The first kappa shape index (κ1) is 9.48. The second-order valence-corrected chi connectivity index (χ2v) is 3.77. The summed E-state index contributed by atoms with van der Waals surface area (Å²) in [5.74, 6) is 0. The molecule has 0 bridgehead atoms.